The minimum atomic E-state index is -1.03. The van der Waals surface area contributed by atoms with Gasteiger partial charge in [0.2, 0.25) is 0 Å². The molecule has 0 spiro atoms. The van der Waals surface area contributed by atoms with Crippen molar-refractivity contribution in [3.63, 3.8) is 0 Å². The zero-order chi connectivity index (χ0) is 10.7. The minimum Gasteiger partial charge on any atom is -0.505 e. The molecule has 0 saturated heterocycles. The molecule has 74 valence electrons. The molecule has 0 fully saturated rings. The number of hydrogen-bond acceptors (Lipinski definition) is 3. The Morgan fingerprint density at radius 3 is 2.86 bits per heavy atom. The van der Waals surface area contributed by atoms with Crippen LogP contribution in [0.3, 0.4) is 0 Å². The lowest BCUT2D eigenvalue weighted by atomic mass is 10.2. The first-order chi connectivity index (χ1) is 6.61. The van der Waals surface area contributed by atoms with E-state index in [4.69, 9.17) is 26.7 Å². The summed E-state index contributed by atoms with van der Waals surface area (Å²) < 4.78 is 18.1. The number of aromatic hydroxyl groups is 1. The van der Waals surface area contributed by atoms with Crippen LogP contribution in [0.5, 0.6) is 11.5 Å². The molecule has 0 aliphatic rings. The largest absolute Gasteiger partial charge is 0.505 e. The van der Waals surface area contributed by atoms with Gasteiger partial charge in [-0.2, -0.15) is 5.26 Å². The van der Waals surface area contributed by atoms with Gasteiger partial charge in [0.1, 0.15) is 22.4 Å². The number of halogens is 2. The van der Waals surface area contributed by atoms with Crippen molar-refractivity contribution >= 4 is 11.6 Å². The Morgan fingerprint density at radius 1 is 1.71 bits per heavy atom. The topological polar surface area (TPSA) is 53.2 Å². The van der Waals surface area contributed by atoms with Crippen molar-refractivity contribution in [1.82, 2.24) is 0 Å². The molecule has 14 heavy (non-hydrogen) atoms. The molecule has 0 heterocycles. The van der Waals surface area contributed by atoms with E-state index in [9.17, 15) is 4.39 Å². The molecule has 0 atom stereocenters. The van der Waals surface area contributed by atoms with E-state index >= 15 is 0 Å². The summed E-state index contributed by atoms with van der Waals surface area (Å²) in [6.07, 6.45) is 0. The number of rotatable bonds is 2. The van der Waals surface area contributed by atoms with Gasteiger partial charge in [-0.05, 0) is 6.92 Å². The van der Waals surface area contributed by atoms with Crippen molar-refractivity contribution in [3.8, 4) is 17.6 Å². The Kier molecular flexibility index (Phi) is 3.15. The second kappa shape index (κ2) is 4.16. The van der Waals surface area contributed by atoms with Gasteiger partial charge in [0.05, 0.1) is 6.61 Å². The van der Waals surface area contributed by atoms with Gasteiger partial charge >= 0.3 is 0 Å². The van der Waals surface area contributed by atoms with Crippen LogP contribution in [0.15, 0.2) is 6.07 Å². The Balaban J connectivity index is 3.37. The smallest absolute Gasteiger partial charge is 0.184 e. The highest BCUT2D eigenvalue weighted by atomic mass is 35.5. The molecule has 1 aromatic rings. The molecule has 0 amide bonds. The summed E-state index contributed by atoms with van der Waals surface area (Å²) in [6.45, 7) is 2.03. The Hall–Kier alpha value is -1.47. The van der Waals surface area contributed by atoms with Crippen molar-refractivity contribution < 1.29 is 14.2 Å². The van der Waals surface area contributed by atoms with Gasteiger partial charge in [-0.3, -0.25) is 0 Å². The fourth-order valence-electron chi connectivity index (χ4n) is 0.957. The first-order valence-corrected chi connectivity index (χ1v) is 4.23. The molecule has 0 unspecified atom stereocenters. The predicted octanol–water partition coefficient (Wildman–Crippen LogP) is 2.46. The van der Waals surface area contributed by atoms with Crippen LogP contribution < -0.4 is 4.74 Å². The average molecular weight is 216 g/mol. The van der Waals surface area contributed by atoms with E-state index < -0.39 is 17.1 Å². The van der Waals surface area contributed by atoms with Gasteiger partial charge in [-0.25, -0.2) is 4.39 Å². The van der Waals surface area contributed by atoms with E-state index in [2.05, 4.69) is 0 Å². The third-order valence-corrected chi connectivity index (χ3v) is 1.93. The fraction of sp³-hybridized carbons (Fsp3) is 0.222. The quantitative estimate of drug-likeness (QED) is 0.825. The van der Waals surface area contributed by atoms with Gasteiger partial charge in [0.25, 0.3) is 0 Å². The van der Waals surface area contributed by atoms with Gasteiger partial charge in [0.15, 0.2) is 11.6 Å². The summed E-state index contributed by atoms with van der Waals surface area (Å²) in [6, 6.07) is 2.60. The van der Waals surface area contributed by atoms with Crippen LogP contribution in [0.1, 0.15) is 12.5 Å². The van der Waals surface area contributed by atoms with E-state index in [0.717, 1.165) is 6.07 Å². The van der Waals surface area contributed by atoms with Gasteiger partial charge < -0.3 is 9.84 Å². The number of hydrogen-bond donors (Lipinski definition) is 1. The van der Waals surface area contributed by atoms with Crippen molar-refractivity contribution in [3.05, 3.63) is 22.5 Å². The average Bonchev–Trinajstić information content (AvgIpc) is 2.16. The fourth-order valence-corrected chi connectivity index (χ4v) is 1.19. The molecule has 0 saturated carbocycles. The summed E-state index contributed by atoms with van der Waals surface area (Å²) in [4.78, 5) is 0. The van der Waals surface area contributed by atoms with E-state index in [-0.39, 0.29) is 10.8 Å². The van der Waals surface area contributed by atoms with Crippen LogP contribution in [0.4, 0.5) is 4.39 Å². The normalized spacial score (nSPS) is 9.57. The second-order valence-corrected chi connectivity index (χ2v) is 2.82. The lowest BCUT2D eigenvalue weighted by Crippen LogP contribution is -1.96. The number of ether oxygens (including phenoxy) is 1. The van der Waals surface area contributed by atoms with Crippen LogP contribution in [0, 0.1) is 17.1 Å². The first-order valence-electron chi connectivity index (χ1n) is 3.85. The van der Waals surface area contributed by atoms with Gasteiger partial charge in [-0.1, -0.05) is 11.6 Å². The summed E-state index contributed by atoms with van der Waals surface area (Å²) in [5, 5.41) is 17.6. The third-order valence-electron chi connectivity index (χ3n) is 1.56. The molecule has 0 aliphatic heterocycles. The summed E-state index contributed by atoms with van der Waals surface area (Å²) in [5.74, 6) is -1.57. The first kappa shape index (κ1) is 10.6. The number of phenolic OH excluding ortho intramolecular Hbond substituents is 1. The maximum Gasteiger partial charge on any atom is 0.184 e. The Bertz CT molecular complexity index is 401. The minimum absolute atomic E-state index is 0.101. The number of nitriles is 1. The number of benzene rings is 1. The molecule has 1 aromatic carbocycles. The number of phenols is 1. The molecule has 0 bridgehead atoms. The van der Waals surface area contributed by atoms with Crippen LogP contribution in [-0.4, -0.2) is 11.7 Å². The van der Waals surface area contributed by atoms with Crippen molar-refractivity contribution in [2.24, 2.45) is 0 Å². The maximum absolute atomic E-state index is 13.1. The van der Waals surface area contributed by atoms with E-state index in [1.165, 1.54) is 0 Å². The molecule has 1 rings (SSSR count). The zero-order valence-electron chi connectivity index (χ0n) is 7.34. The summed E-state index contributed by atoms with van der Waals surface area (Å²) in [7, 11) is 0. The van der Waals surface area contributed by atoms with E-state index in [1.54, 1.807) is 13.0 Å². The van der Waals surface area contributed by atoms with Crippen LogP contribution in [0.25, 0.3) is 0 Å². The molecule has 0 aliphatic carbocycles. The monoisotopic (exact) mass is 215 g/mol. The van der Waals surface area contributed by atoms with Gasteiger partial charge in [0, 0.05) is 6.07 Å². The second-order valence-electron chi connectivity index (χ2n) is 2.44. The van der Waals surface area contributed by atoms with Crippen LogP contribution >= 0.6 is 11.6 Å². The molecular weight excluding hydrogens is 209 g/mol. The highest BCUT2D eigenvalue weighted by molar-refractivity contribution is 6.33. The Labute approximate surface area is 85.3 Å². The van der Waals surface area contributed by atoms with Crippen molar-refractivity contribution in [2.45, 2.75) is 6.92 Å². The lowest BCUT2D eigenvalue weighted by molar-refractivity contribution is 0.335. The molecule has 1 N–H and O–H groups in total. The number of nitrogens with zero attached hydrogens (tertiary/aromatic N) is 1. The highest BCUT2D eigenvalue weighted by Crippen LogP contribution is 2.35. The summed E-state index contributed by atoms with van der Waals surface area (Å²) in [5.41, 5.74) is -0.407. The van der Waals surface area contributed by atoms with E-state index in [0.29, 0.717) is 6.61 Å². The van der Waals surface area contributed by atoms with Crippen LogP contribution in [-0.2, 0) is 0 Å². The molecular formula is C9H7ClFNO2. The van der Waals surface area contributed by atoms with Crippen molar-refractivity contribution in [1.29, 1.82) is 5.26 Å². The molecule has 0 radical (unpaired) electrons. The molecule has 5 heteroatoms. The standard InChI is InChI=1S/C9H7ClFNO2/c1-2-14-7-3-6(13)9(11)5(4-12)8(7)10/h3,13H,2H2,1H3. The third kappa shape index (κ3) is 1.73. The Morgan fingerprint density at radius 2 is 2.36 bits per heavy atom. The van der Waals surface area contributed by atoms with Gasteiger partial charge in [-0.15, -0.1) is 0 Å². The van der Waals surface area contributed by atoms with Crippen LogP contribution in [0.2, 0.25) is 5.02 Å². The van der Waals surface area contributed by atoms with E-state index in [1.807, 2.05) is 0 Å². The predicted molar refractivity (Wildman–Crippen MR) is 49.0 cm³/mol. The highest BCUT2D eigenvalue weighted by Gasteiger charge is 2.17. The molecule has 0 aromatic heterocycles. The lowest BCUT2D eigenvalue weighted by Gasteiger charge is -2.08. The molecule has 3 nitrogen and oxygen atoms in total. The maximum atomic E-state index is 13.1. The SMILES string of the molecule is CCOc1cc(O)c(F)c(C#N)c1Cl. The zero-order valence-corrected chi connectivity index (χ0v) is 8.10. The van der Waals surface area contributed by atoms with Crippen molar-refractivity contribution in [2.75, 3.05) is 6.61 Å². The summed E-state index contributed by atoms with van der Waals surface area (Å²) >= 11 is 5.67.